The summed E-state index contributed by atoms with van der Waals surface area (Å²) in [5.41, 5.74) is 2.18. The van der Waals surface area contributed by atoms with Gasteiger partial charge in [0.15, 0.2) is 0 Å². The van der Waals surface area contributed by atoms with E-state index in [2.05, 4.69) is 60.2 Å². The van der Waals surface area contributed by atoms with Crippen molar-refractivity contribution in [3.05, 3.63) is 36.4 Å². The van der Waals surface area contributed by atoms with Gasteiger partial charge in [0.2, 0.25) is 5.95 Å². The molecule has 0 aliphatic carbocycles. The van der Waals surface area contributed by atoms with Gasteiger partial charge in [-0.1, -0.05) is 56.5 Å². The van der Waals surface area contributed by atoms with E-state index in [0.29, 0.717) is 0 Å². The molecule has 1 aromatic carbocycles. The molecule has 0 N–H and O–H groups in total. The lowest BCUT2D eigenvalue weighted by molar-refractivity contribution is 0.726. The average Bonchev–Trinajstić information content (AvgIpc) is 2.96. The Balaban J connectivity index is 1.95. The maximum atomic E-state index is 4.92. The van der Waals surface area contributed by atoms with E-state index < -0.39 is 0 Å². The molecule has 134 valence electrons. The number of unbranched alkanes of at least 4 members (excludes halogenated alkanes) is 1. The van der Waals surface area contributed by atoms with E-state index in [1.165, 1.54) is 32.1 Å². The SMILES string of the molecule is CCCCN(C)c1nc(-c2ccccc2)cc(N2CCCCCC2)n1. The first-order chi connectivity index (χ1) is 12.3. The summed E-state index contributed by atoms with van der Waals surface area (Å²) in [7, 11) is 2.10. The Bertz CT molecular complexity index is 648. The number of nitrogens with zero attached hydrogens (tertiary/aromatic N) is 4. The Morgan fingerprint density at radius 2 is 1.72 bits per heavy atom. The predicted octanol–water partition coefficient (Wildman–Crippen LogP) is 4.76. The Hall–Kier alpha value is -2.10. The summed E-state index contributed by atoms with van der Waals surface area (Å²) < 4.78 is 0. The lowest BCUT2D eigenvalue weighted by Gasteiger charge is -2.24. The molecule has 0 unspecified atom stereocenters. The van der Waals surface area contributed by atoms with Crippen molar-refractivity contribution in [1.82, 2.24) is 9.97 Å². The number of aromatic nitrogens is 2. The molecule has 1 saturated heterocycles. The highest BCUT2D eigenvalue weighted by molar-refractivity contribution is 5.65. The van der Waals surface area contributed by atoms with Crippen LogP contribution in [0.25, 0.3) is 11.3 Å². The summed E-state index contributed by atoms with van der Waals surface area (Å²) in [4.78, 5) is 14.4. The van der Waals surface area contributed by atoms with Gasteiger partial charge in [0.25, 0.3) is 0 Å². The van der Waals surface area contributed by atoms with E-state index in [4.69, 9.17) is 9.97 Å². The quantitative estimate of drug-likeness (QED) is 0.760. The first-order valence-electron chi connectivity index (χ1n) is 9.68. The zero-order chi connectivity index (χ0) is 17.5. The van der Waals surface area contributed by atoms with Crippen LogP contribution >= 0.6 is 0 Å². The molecule has 1 aliphatic heterocycles. The van der Waals surface area contributed by atoms with Gasteiger partial charge in [-0.3, -0.25) is 0 Å². The van der Waals surface area contributed by atoms with Crippen LogP contribution in [0.4, 0.5) is 11.8 Å². The van der Waals surface area contributed by atoms with Gasteiger partial charge >= 0.3 is 0 Å². The van der Waals surface area contributed by atoms with E-state index in [1.54, 1.807) is 0 Å². The molecule has 0 atom stereocenters. The Labute approximate surface area is 151 Å². The van der Waals surface area contributed by atoms with Crippen LogP contribution in [0.5, 0.6) is 0 Å². The first-order valence-corrected chi connectivity index (χ1v) is 9.68. The molecule has 0 amide bonds. The minimum Gasteiger partial charge on any atom is -0.356 e. The second-order valence-corrected chi connectivity index (χ2v) is 6.95. The normalized spacial score (nSPS) is 15.0. The molecule has 1 fully saturated rings. The molecule has 0 bridgehead atoms. The molecule has 4 heteroatoms. The van der Waals surface area contributed by atoms with E-state index >= 15 is 0 Å². The number of rotatable bonds is 6. The van der Waals surface area contributed by atoms with Crippen molar-refractivity contribution < 1.29 is 0 Å². The summed E-state index contributed by atoms with van der Waals surface area (Å²) >= 11 is 0. The third kappa shape index (κ3) is 4.71. The second-order valence-electron chi connectivity index (χ2n) is 6.95. The monoisotopic (exact) mass is 338 g/mol. The molecule has 0 radical (unpaired) electrons. The summed E-state index contributed by atoms with van der Waals surface area (Å²) in [5, 5.41) is 0. The minimum absolute atomic E-state index is 0.842. The molecule has 1 aliphatic rings. The number of anilines is 2. The van der Waals surface area contributed by atoms with Crippen LogP contribution < -0.4 is 9.80 Å². The Kier molecular flexibility index (Phi) is 6.26. The topological polar surface area (TPSA) is 32.3 Å². The molecular formula is C21H30N4. The van der Waals surface area contributed by atoms with Crippen molar-refractivity contribution >= 4 is 11.8 Å². The fourth-order valence-corrected chi connectivity index (χ4v) is 3.31. The number of hydrogen-bond donors (Lipinski definition) is 0. The first kappa shape index (κ1) is 17.7. The van der Waals surface area contributed by atoms with Crippen LogP contribution in [0.1, 0.15) is 45.4 Å². The number of benzene rings is 1. The summed E-state index contributed by atoms with van der Waals surface area (Å²) in [5.74, 6) is 1.92. The summed E-state index contributed by atoms with van der Waals surface area (Å²) in [6.07, 6.45) is 7.51. The minimum atomic E-state index is 0.842. The van der Waals surface area contributed by atoms with E-state index in [1.807, 2.05) is 0 Å². The largest absolute Gasteiger partial charge is 0.356 e. The summed E-state index contributed by atoms with van der Waals surface area (Å²) in [6.45, 7) is 5.42. The van der Waals surface area contributed by atoms with Crippen molar-refractivity contribution in [3.8, 4) is 11.3 Å². The van der Waals surface area contributed by atoms with Gasteiger partial charge in [-0.15, -0.1) is 0 Å². The predicted molar refractivity (Wildman–Crippen MR) is 106 cm³/mol. The average molecular weight is 338 g/mol. The van der Waals surface area contributed by atoms with Crippen LogP contribution in [0.3, 0.4) is 0 Å². The molecule has 2 heterocycles. The van der Waals surface area contributed by atoms with Gasteiger partial charge < -0.3 is 9.80 Å². The van der Waals surface area contributed by atoms with Crippen molar-refractivity contribution in [3.63, 3.8) is 0 Å². The highest BCUT2D eigenvalue weighted by atomic mass is 15.3. The van der Waals surface area contributed by atoms with Crippen LogP contribution in [0.15, 0.2) is 36.4 Å². The maximum absolute atomic E-state index is 4.92. The molecule has 3 rings (SSSR count). The number of hydrogen-bond acceptors (Lipinski definition) is 4. The van der Waals surface area contributed by atoms with Crippen molar-refractivity contribution in [2.75, 3.05) is 36.5 Å². The van der Waals surface area contributed by atoms with E-state index in [-0.39, 0.29) is 0 Å². The van der Waals surface area contributed by atoms with Gasteiger partial charge in [0.1, 0.15) is 5.82 Å². The van der Waals surface area contributed by atoms with Crippen molar-refractivity contribution in [2.45, 2.75) is 45.4 Å². The van der Waals surface area contributed by atoms with Gasteiger partial charge in [0.05, 0.1) is 5.69 Å². The highest BCUT2D eigenvalue weighted by Crippen LogP contribution is 2.26. The lowest BCUT2D eigenvalue weighted by Crippen LogP contribution is -2.27. The standard InChI is InChI=1S/C21H30N4/c1-3-4-14-24(2)21-22-19(18-12-8-7-9-13-18)17-20(23-21)25-15-10-5-6-11-16-25/h7-9,12-13,17H,3-6,10-11,14-16H2,1-2H3. The molecule has 1 aromatic heterocycles. The zero-order valence-corrected chi connectivity index (χ0v) is 15.6. The highest BCUT2D eigenvalue weighted by Gasteiger charge is 2.16. The van der Waals surface area contributed by atoms with Crippen molar-refractivity contribution in [1.29, 1.82) is 0 Å². The molecule has 4 nitrogen and oxygen atoms in total. The van der Waals surface area contributed by atoms with E-state index in [0.717, 1.165) is 49.1 Å². The molecule has 0 spiro atoms. The van der Waals surface area contributed by atoms with Crippen LogP contribution in [-0.2, 0) is 0 Å². The zero-order valence-electron chi connectivity index (χ0n) is 15.6. The van der Waals surface area contributed by atoms with Gasteiger partial charge in [0, 0.05) is 38.3 Å². The summed E-state index contributed by atoms with van der Waals surface area (Å²) in [6, 6.07) is 12.6. The van der Waals surface area contributed by atoms with Crippen LogP contribution in [-0.4, -0.2) is 36.6 Å². The third-order valence-corrected chi connectivity index (χ3v) is 4.89. The van der Waals surface area contributed by atoms with Gasteiger partial charge in [-0.25, -0.2) is 4.98 Å². The van der Waals surface area contributed by atoms with Gasteiger partial charge in [-0.05, 0) is 19.3 Å². The van der Waals surface area contributed by atoms with Crippen molar-refractivity contribution in [2.24, 2.45) is 0 Å². The maximum Gasteiger partial charge on any atom is 0.227 e. The smallest absolute Gasteiger partial charge is 0.227 e. The van der Waals surface area contributed by atoms with Crippen LogP contribution in [0.2, 0.25) is 0 Å². The second kappa shape index (κ2) is 8.84. The lowest BCUT2D eigenvalue weighted by atomic mass is 10.1. The molecule has 0 saturated carbocycles. The third-order valence-electron chi connectivity index (χ3n) is 4.89. The molecule has 2 aromatic rings. The van der Waals surface area contributed by atoms with Crippen LogP contribution in [0, 0.1) is 0 Å². The Morgan fingerprint density at radius 1 is 1.00 bits per heavy atom. The fraction of sp³-hybridized carbons (Fsp3) is 0.524. The van der Waals surface area contributed by atoms with Gasteiger partial charge in [-0.2, -0.15) is 4.98 Å². The molecular weight excluding hydrogens is 308 g/mol. The molecule has 25 heavy (non-hydrogen) atoms. The Morgan fingerprint density at radius 3 is 2.40 bits per heavy atom. The fourth-order valence-electron chi connectivity index (χ4n) is 3.31. The van der Waals surface area contributed by atoms with E-state index in [9.17, 15) is 0 Å².